The van der Waals surface area contributed by atoms with E-state index in [0.29, 0.717) is 17.3 Å². The number of benzene rings is 1. The number of hydrogen-bond donors (Lipinski definition) is 2. The minimum atomic E-state index is -0.281. The highest BCUT2D eigenvalue weighted by atomic mass is 16.5. The number of rotatable bonds is 5. The first-order chi connectivity index (χ1) is 10.1. The molecule has 7 nitrogen and oxygen atoms in total. The molecule has 2 rings (SSSR count). The van der Waals surface area contributed by atoms with Crippen LogP contribution in [0.25, 0.3) is 0 Å². The Morgan fingerprint density at radius 2 is 2.00 bits per heavy atom. The first-order valence-electron chi connectivity index (χ1n) is 6.36. The van der Waals surface area contributed by atoms with Gasteiger partial charge in [-0.15, -0.1) is 5.10 Å². The van der Waals surface area contributed by atoms with Gasteiger partial charge in [-0.1, -0.05) is 0 Å². The molecular formula is C14H16N4O3. The van der Waals surface area contributed by atoms with Crippen molar-refractivity contribution in [2.45, 2.75) is 13.0 Å². The van der Waals surface area contributed by atoms with E-state index in [1.54, 1.807) is 24.3 Å². The fourth-order valence-corrected chi connectivity index (χ4v) is 1.70. The summed E-state index contributed by atoms with van der Waals surface area (Å²) in [6.45, 7) is 0.177. The van der Waals surface area contributed by atoms with Gasteiger partial charge in [-0.25, -0.2) is 4.68 Å². The lowest BCUT2D eigenvalue weighted by Gasteiger charge is -2.07. The van der Waals surface area contributed by atoms with E-state index in [4.69, 9.17) is 10.5 Å². The molecule has 0 aliphatic carbocycles. The maximum absolute atomic E-state index is 11.8. The van der Waals surface area contributed by atoms with Gasteiger partial charge >= 0.3 is 0 Å². The number of nitrogen functional groups attached to an aromatic ring is 1. The van der Waals surface area contributed by atoms with Crippen molar-refractivity contribution in [2.24, 2.45) is 0 Å². The third kappa shape index (κ3) is 4.07. The molecule has 7 heteroatoms. The van der Waals surface area contributed by atoms with Gasteiger partial charge < -0.3 is 15.8 Å². The first-order valence-corrected chi connectivity index (χ1v) is 6.36. The highest BCUT2D eigenvalue weighted by Gasteiger charge is 2.06. The smallest absolute Gasteiger partial charge is 0.266 e. The van der Waals surface area contributed by atoms with Crippen LogP contribution in [-0.2, 0) is 11.3 Å². The van der Waals surface area contributed by atoms with Crippen LogP contribution in [0.3, 0.4) is 0 Å². The van der Waals surface area contributed by atoms with Crippen LogP contribution in [0.5, 0.6) is 5.88 Å². The van der Waals surface area contributed by atoms with Gasteiger partial charge in [0.15, 0.2) is 0 Å². The second-order valence-corrected chi connectivity index (χ2v) is 4.36. The predicted octanol–water partition coefficient (Wildman–Crippen LogP) is 0.863. The van der Waals surface area contributed by atoms with Crippen molar-refractivity contribution in [3.05, 3.63) is 46.8 Å². The van der Waals surface area contributed by atoms with Crippen LogP contribution in [0.4, 0.5) is 11.4 Å². The molecule has 1 heterocycles. The van der Waals surface area contributed by atoms with Crippen molar-refractivity contribution >= 4 is 17.3 Å². The van der Waals surface area contributed by atoms with Crippen LogP contribution >= 0.6 is 0 Å². The molecule has 110 valence electrons. The van der Waals surface area contributed by atoms with Crippen molar-refractivity contribution in [1.29, 1.82) is 0 Å². The quantitative estimate of drug-likeness (QED) is 0.795. The number of carbonyl (C=O) groups excluding carboxylic acids is 1. The van der Waals surface area contributed by atoms with Crippen LogP contribution < -0.4 is 21.3 Å². The molecule has 2 aromatic rings. The summed E-state index contributed by atoms with van der Waals surface area (Å²) in [5, 5.41) is 6.69. The van der Waals surface area contributed by atoms with Crippen LogP contribution in [0.2, 0.25) is 0 Å². The number of hydrogen-bond acceptors (Lipinski definition) is 5. The topological polar surface area (TPSA) is 99.2 Å². The largest absolute Gasteiger partial charge is 0.480 e. The minimum Gasteiger partial charge on any atom is -0.480 e. The second-order valence-electron chi connectivity index (χ2n) is 4.36. The van der Waals surface area contributed by atoms with Gasteiger partial charge in [-0.05, 0) is 24.3 Å². The van der Waals surface area contributed by atoms with E-state index in [0.717, 1.165) is 0 Å². The molecule has 0 aliphatic heterocycles. The maximum atomic E-state index is 11.8. The lowest BCUT2D eigenvalue weighted by molar-refractivity contribution is -0.116. The van der Waals surface area contributed by atoms with Crippen molar-refractivity contribution < 1.29 is 9.53 Å². The van der Waals surface area contributed by atoms with Gasteiger partial charge in [-0.2, -0.15) is 0 Å². The molecule has 0 spiro atoms. The number of aromatic nitrogens is 2. The average molecular weight is 288 g/mol. The van der Waals surface area contributed by atoms with E-state index in [1.807, 2.05) is 0 Å². The van der Waals surface area contributed by atoms with Gasteiger partial charge in [-0.3, -0.25) is 9.59 Å². The Hall–Kier alpha value is -2.83. The zero-order valence-electron chi connectivity index (χ0n) is 11.6. The SMILES string of the molecule is COc1ccc(=O)n(CCC(=O)Nc2ccc(N)cc2)n1. The summed E-state index contributed by atoms with van der Waals surface area (Å²) in [4.78, 5) is 23.4. The average Bonchev–Trinajstić information content (AvgIpc) is 2.49. The van der Waals surface area contributed by atoms with Gasteiger partial charge in [0.2, 0.25) is 11.8 Å². The Kier molecular flexibility index (Phi) is 4.55. The van der Waals surface area contributed by atoms with Gasteiger partial charge in [0, 0.05) is 29.9 Å². The summed E-state index contributed by atoms with van der Waals surface area (Å²) in [6.07, 6.45) is 0.129. The first kappa shape index (κ1) is 14.6. The van der Waals surface area contributed by atoms with Crippen molar-refractivity contribution in [3.63, 3.8) is 0 Å². The van der Waals surface area contributed by atoms with Crippen LogP contribution in [0, 0.1) is 0 Å². The second kappa shape index (κ2) is 6.56. The molecule has 0 aliphatic rings. The standard InChI is InChI=1S/C14H16N4O3/c1-21-13-6-7-14(20)18(17-13)9-8-12(19)16-11-4-2-10(15)3-5-11/h2-7H,8-9,15H2,1H3,(H,16,19). The zero-order valence-corrected chi connectivity index (χ0v) is 11.6. The number of anilines is 2. The van der Waals surface area contributed by atoms with E-state index in [-0.39, 0.29) is 24.4 Å². The number of nitrogens with two attached hydrogens (primary N) is 1. The van der Waals surface area contributed by atoms with Crippen molar-refractivity contribution in [1.82, 2.24) is 9.78 Å². The zero-order chi connectivity index (χ0) is 15.2. The number of ether oxygens (including phenoxy) is 1. The van der Waals surface area contributed by atoms with Gasteiger partial charge in [0.05, 0.1) is 13.7 Å². The number of carbonyl (C=O) groups is 1. The highest BCUT2D eigenvalue weighted by Crippen LogP contribution is 2.10. The van der Waals surface area contributed by atoms with E-state index in [2.05, 4.69) is 10.4 Å². The summed E-state index contributed by atoms with van der Waals surface area (Å²) in [7, 11) is 1.46. The van der Waals surface area contributed by atoms with E-state index < -0.39 is 0 Å². The van der Waals surface area contributed by atoms with Crippen LogP contribution in [-0.4, -0.2) is 22.8 Å². The Labute approximate surface area is 121 Å². The van der Waals surface area contributed by atoms with Crippen LogP contribution in [0.15, 0.2) is 41.2 Å². The number of aryl methyl sites for hydroxylation is 1. The molecule has 0 unspecified atom stereocenters. The molecule has 0 saturated carbocycles. The van der Waals surface area contributed by atoms with Crippen molar-refractivity contribution in [2.75, 3.05) is 18.2 Å². The Morgan fingerprint density at radius 3 is 2.67 bits per heavy atom. The number of amides is 1. The third-order valence-corrected chi connectivity index (χ3v) is 2.80. The normalized spacial score (nSPS) is 10.1. The molecule has 1 aromatic heterocycles. The monoisotopic (exact) mass is 288 g/mol. The third-order valence-electron chi connectivity index (χ3n) is 2.80. The molecule has 0 fully saturated rings. The van der Waals surface area contributed by atoms with Crippen LogP contribution in [0.1, 0.15) is 6.42 Å². The fourth-order valence-electron chi connectivity index (χ4n) is 1.70. The van der Waals surface area contributed by atoms with Gasteiger partial charge in [0.25, 0.3) is 5.56 Å². The lowest BCUT2D eigenvalue weighted by Crippen LogP contribution is -2.25. The number of methoxy groups -OCH3 is 1. The molecule has 21 heavy (non-hydrogen) atoms. The minimum absolute atomic E-state index is 0.129. The number of nitrogens with zero attached hydrogens (tertiary/aromatic N) is 2. The summed E-state index contributed by atoms with van der Waals surface area (Å²) in [5.41, 5.74) is 6.56. The van der Waals surface area contributed by atoms with E-state index in [1.165, 1.54) is 23.9 Å². The Morgan fingerprint density at radius 1 is 1.29 bits per heavy atom. The molecule has 1 aromatic carbocycles. The fraction of sp³-hybridized carbons (Fsp3) is 0.214. The molecule has 3 N–H and O–H groups in total. The summed E-state index contributed by atoms with van der Waals surface area (Å²) < 4.78 is 6.14. The molecule has 1 amide bonds. The van der Waals surface area contributed by atoms with Crippen molar-refractivity contribution in [3.8, 4) is 5.88 Å². The van der Waals surface area contributed by atoms with E-state index >= 15 is 0 Å². The molecular weight excluding hydrogens is 272 g/mol. The van der Waals surface area contributed by atoms with Gasteiger partial charge in [0.1, 0.15) is 0 Å². The Bertz CT molecular complexity index is 679. The molecule has 0 bridgehead atoms. The maximum Gasteiger partial charge on any atom is 0.266 e. The summed E-state index contributed by atoms with van der Waals surface area (Å²) >= 11 is 0. The molecule has 0 saturated heterocycles. The number of nitrogens with one attached hydrogen (secondary N) is 1. The summed E-state index contributed by atoms with van der Waals surface area (Å²) in [5.74, 6) is 0.116. The molecule has 0 atom stereocenters. The highest BCUT2D eigenvalue weighted by molar-refractivity contribution is 5.90. The van der Waals surface area contributed by atoms with E-state index in [9.17, 15) is 9.59 Å². The lowest BCUT2D eigenvalue weighted by atomic mass is 10.3. The Balaban J connectivity index is 1.95. The predicted molar refractivity (Wildman–Crippen MR) is 79.2 cm³/mol. The summed E-state index contributed by atoms with van der Waals surface area (Å²) in [6, 6.07) is 9.65. The molecule has 0 radical (unpaired) electrons.